The average Bonchev–Trinajstić information content (AvgIpc) is 2.92. The molecule has 23 heavy (non-hydrogen) atoms. The Morgan fingerprint density at radius 1 is 1.22 bits per heavy atom. The zero-order valence-electron chi connectivity index (χ0n) is 13.5. The van der Waals surface area contributed by atoms with Crippen molar-refractivity contribution in [3.63, 3.8) is 0 Å². The minimum Gasteiger partial charge on any atom is -0.508 e. The maximum atomic E-state index is 12.6. The molecule has 0 bridgehead atoms. The Morgan fingerprint density at radius 3 is 2.65 bits per heavy atom. The van der Waals surface area contributed by atoms with Gasteiger partial charge in [-0.15, -0.1) is 0 Å². The van der Waals surface area contributed by atoms with E-state index in [1.807, 2.05) is 4.90 Å². The molecule has 1 aliphatic carbocycles. The van der Waals surface area contributed by atoms with E-state index in [2.05, 4.69) is 5.32 Å². The quantitative estimate of drug-likeness (QED) is 0.899. The summed E-state index contributed by atoms with van der Waals surface area (Å²) in [4.78, 5) is 26.8. The number of phenols is 1. The van der Waals surface area contributed by atoms with Crippen molar-refractivity contribution < 1.29 is 14.7 Å². The Kier molecular flexibility index (Phi) is 4.55. The molecule has 1 saturated heterocycles. The van der Waals surface area contributed by atoms with Crippen molar-refractivity contribution in [1.82, 2.24) is 10.2 Å². The predicted octanol–water partition coefficient (Wildman–Crippen LogP) is 2.36. The first kappa shape index (κ1) is 15.8. The van der Waals surface area contributed by atoms with Crippen molar-refractivity contribution in [3.8, 4) is 5.75 Å². The lowest BCUT2D eigenvalue weighted by Gasteiger charge is -2.31. The molecule has 2 aliphatic rings. The fraction of sp³-hybridized carbons (Fsp3) is 0.556. The predicted molar refractivity (Wildman–Crippen MR) is 87.3 cm³/mol. The summed E-state index contributed by atoms with van der Waals surface area (Å²) in [6.45, 7) is 2.51. The van der Waals surface area contributed by atoms with Crippen LogP contribution in [0.15, 0.2) is 18.2 Å². The van der Waals surface area contributed by atoms with E-state index in [9.17, 15) is 14.7 Å². The Bertz CT molecular complexity index is 608. The van der Waals surface area contributed by atoms with Crippen LogP contribution < -0.4 is 5.32 Å². The van der Waals surface area contributed by atoms with E-state index < -0.39 is 6.04 Å². The highest BCUT2D eigenvalue weighted by atomic mass is 16.3. The maximum absolute atomic E-state index is 12.6. The molecule has 1 heterocycles. The molecule has 2 fully saturated rings. The van der Waals surface area contributed by atoms with Crippen LogP contribution in [0.5, 0.6) is 5.75 Å². The molecule has 1 aliphatic heterocycles. The molecule has 5 heteroatoms. The number of hydrogen-bond donors (Lipinski definition) is 2. The highest BCUT2D eigenvalue weighted by Gasteiger charge is 2.37. The maximum Gasteiger partial charge on any atom is 0.252 e. The smallest absolute Gasteiger partial charge is 0.252 e. The molecule has 0 spiro atoms. The average molecular weight is 316 g/mol. The van der Waals surface area contributed by atoms with Gasteiger partial charge in [0.1, 0.15) is 11.8 Å². The molecule has 1 aromatic rings. The second kappa shape index (κ2) is 6.60. The normalized spacial score (nSPS) is 22.4. The number of rotatable bonds is 3. The van der Waals surface area contributed by atoms with Crippen LogP contribution in [0.3, 0.4) is 0 Å². The monoisotopic (exact) mass is 316 g/mol. The Balaban J connectivity index is 1.62. The lowest BCUT2D eigenvalue weighted by molar-refractivity contribution is -0.131. The fourth-order valence-electron chi connectivity index (χ4n) is 3.58. The molecular formula is C18H24N2O3. The number of aryl methyl sites for hydroxylation is 1. The molecule has 1 aromatic carbocycles. The van der Waals surface area contributed by atoms with Crippen LogP contribution >= 0.6 is 0 Å². The number of carbonyl (C=O) groups is 2. The highest BCUT2D eigenvalue weighted by Crippen LogP contribution is 2.26. The summed E-state index contributed by atoms with van der Waals surface area (Å²) in [6, 6.07) is 4.73. The molecule has 1 atom stereocenters. The van der Waals surface area contributed by atoms with E-state index >= 15 is 0 Å². The van der Waals surface area contributed by atoms with Gasteiger partial charge in [0.2, 0.25) is 5.91 Å². The lowest BCUT2D eigenvalue weighted by atomic mass is 9.94. The molecule has 2 amide bonds. The minimum absolute atomic E-state index is 0.0431. The van der Waals surface area contributed by atoms with Crippen LogP contribution in [0.25, 0.3) is 0 Å². The third-order valence-electron chi connectivity index (χ3n) is 5.03. The van der Waals surface area contributed by atoms with Gasteiger partial charge in [-0.3, -0.25) is 9.59 Å². The lowest BCUT2D eigenvalue weighted by Crippen LogP contribution is -2.45. The van der Waals surface area contributed by atoms with E-state index in [1.165, 1.54) is 25.3 Å². The molecule has 0 aromatic heterocycles. The fourth-order valence-corrected chi connectivity index (χ4v) is 3.58. The summed E-state index contributed by atoms with van der Waals surface area (Å²) in [6.07, 6.45) is 6.47. The van der Waals surface area contributed by atoms with Crippen molar-refractivity contribution >= 4 is 11.8 Å². The van der Waals surface area contributed by atoms with E-state index in [0.29, 0.717) is 18.0 Å². The summed E-state index contributed by atoms with van der Waals surface area (Å²) in [5.41, 5.74) is 1.11. The van der Waals surface area contributed by atoms with Gasteiger partial charge in [0.05, 0.1) is 0 Å². The van der Waals surface area contributed by atoms with Crippen LogP contribution in [0, 0.1) is 6.92 Å². The van der Waals surface area contributed by atoms with Crippen LogP contribution in [-0.2, 0) is 4.79 Å². The zero-order chi connectivity index (χ0) is 16.4. The number of nitrogens with one attached hydrogen (secondary N) is 1. The first-order chi connectivity index (χ1) is 11.1. The van der Waals surface area contributed by atoms with Gasteiger partial charge in [0.25, 0.3) is 5.91 Å². The van der Waals surface area contributed by atoms with Gasteiger partial charge in [0, 0.05) is 18.2 Å². The third kappa shape index (κ3) is 3.33. The number of aromatic hydroxyl groups is 1. The largest absolute Gasteiger partial charge is 0.508 e. The van der Waals surface area contributed by atoms with E-state index in [-0.39, 0.29) is 17.6 Å². The summed E-state index contributed by atoms with van der Waals surface area (Å²) >= 11 is 0. The molecule has 1 saturated carbocycles. The second-order valence-corrected chi connectivity index (χ2v) is 6.64. The van der Waals surface area contributed by atoms with Crippen LogP contribution in [-0.4, -0.2) is 40.4 Å². The topological polar surface area (TPSA) is 69.6 Å². The molecule has 1 unspecified atom stereocenters. The van der Waals surface area contributed by atoms with Crippen LogP contribution in [0.4, 0.5) is 0 Å². The number of phenolic OH excluding ortho intramolecular Hbond substituents is 1. The van der Waals surface area contributed by atoms with Crippen molar-refractivity contribution in [1.29, 1.82) is 0 Å². The highest BCUT2D eigenvalue weighted by molar-refractivity contribution is 5.98. The van der Waals surface area contributed by atoms with Crippen molar-refractivity contribution in [3.05, 3.63) is 29.3 Å². The summed E-state index contributed by atoms with van der Waals surface area (Å²) in [5, 5.41) is 12.5. The van der Waals surface area contributed by atoms with Crippen LogP contribution in [0.2, 0.25) is 0 Å². The Hall–Kier alpha value is -2.04. The van der Waals surface area contributed by atoms with Gasteiger partial charge in [-0.05, 0) is 43.9 Å². The number of benzene rings is 1. The Morgan fingerprint density at radius 2 is 1.96 bits per heavy atom. The number of likely N-dealkylation sites (tertiary alicyclic amines) is 1. The summed E-state index contributed by atoms with van der Waals surface area (Å²) in [5.74, 6) is -0.162. The SMILES string of the molecule is Cc1ccc(C(=O)NC2CCN(C3CCCCC3)C2=O)cc1O. The standard InChI is InChI=1S/C18H24N2O3/c1-12-7-8-13(11-16(12)21)17(22)19-15-9-10-20(18(15)23)14-5-3-2-4-6-14/h7-8,11,14-15,21H,2-6,9-10H2,1H3,(H,19,22). The van der Waals surface area contributed by atoms with Gasteiger partial charge < -0.3 is 15.3 Å². The number of carbonyl (C=O) groups excluding carboxylic acids is 2. The van der Waals surface area contributed by atoms with Gasteiger partial charge in [-0.2, -0.15) is 0 Å². The number of nitrogens with zero attached hydrogens (tertiary/aromatic N) is 1. The summed E-state index contributed by atoms with van der Waals surface area (Å²) < 4.78 is 0. The molecule has 2 N–H and O–H groups in total. The van der Waals surface area contributed by atoms with Crippen molar-refractivity contribution in [2.24, 2.45) is 0 Å². The third-order valence-corrected chi connectivity index (χ3v) is 5.03. The molecule has 124 valence electrons. The minimum atomic E-state index is -0.437. The molecular weight excluding hydrogens is 292 g/mol. The molecule has 0 radical (unpaired) electrons. The first-order valence-electron chi connectivity index (χ1n) is 8.47. The van der Waals surface area contributed by atoms with E-state index in [4.69, 9.17) is 0 Å². The zero-order valence-corrected chi connectivity index (χ0v) is 13.5. The number of amides is 2. The van der Waals surface area contributed by atoms with Crippen molar-refractivity contribution in [2.75, 3.05) is 6.54 Å². The summed E-state index contributed by atoms with van der Waals surface area (Å²) in [7, 11) is 0. The molecule has 3 rings (SSSR count). The van der Waals surface area contributed by atoms with Gasteiger partial charge in [0.15, 0.2) is 0 Å². The Labute approximate surface area is 136 Å². The van der Waals surface area contributed by atoms with Gasteiger partial charge >= 0.3 is 0 Å². The van der Waals surface area contributed by atoms with Crippen LogP contribution in [0.1, 0.15) is 54.4 Å². The first-order valence-corrected chi connectivity index (χ1v) is 8.47. The molecule has 5 nitrogen and oxygen atoms in total. The van der Waals surface area contributed by atoms with Crippen molar-refractivity contribution in [2.45, 2.75) is 57.5 Å². The van der Waals surface area contributed by atoms with Gasteiger partial charge in [-0.25, -0.2) is 0 Å². The van der Waals surface area contributed by atoms with E-state index in [0.717, 1.165) is 24.9 Å². The van der Waals surface area contributed by atoms with E-state index in [1.54, 1.807) is 19.1 Å². The van der Waals surface area contributed by atoms with Gasteiger partial charge in [-0.1, -0.05) is 25.3 Å². The number of hydrogen-bond acceptors (Lipinski definition) is 3. The second-order valence-electron chi connectivity index (χ2n) is 6.64.